The van der Waals surface area contributed by atoms with Crippen molar-refractivity contribution in [2.24, 2.45) is 0 Å². The van der Waals surface area contributed by atoms with Crippen LogP contribution in [0.15, 0.2) is 35.1 Å². The number of carbonyl (C=O) groups is 2. The summed E-state index contributed by atoms with van der Waals surface area (Å²) < 4.78 is 14.8. The van der Waals surface area contributed by atoms with Gasteiger partial charge in [-0.2, -0.15) is 5.10 Å². The summed E-state index contributed by atoms with van der Waals surface area (Å²) in [5, 5.41) is 15.4. The van der Waals surface area contributed by atoms with Crippen molar-refractivity contribution in [1.82, 2.24) is 15.1 Å². The minimum absolute atomic E-state index is 0.0390. The van der Waals surface area contributed by atoms with Crippen LogP contribution >= 0.6 is 11.6 Å². The third-order valence-corrected chi connectivity index (χ3v) is 3.87. The Labute approximate surface area is 153 Å². The summed E-state index contributed by atoms with van der Waals surface area (Å²) in [5.74, 6) is -2.56. The van der Waals surface area contributed by atoms with Crippen LogP contribution in [0.4, 0.5) is 4.39 Å². The van der Waals surface area contributed by atoms with E-state index in [0.717, 1.165) is 10.7 Å². The maximum Gasteiger partial charge on any atom is 0.305 e. The Kier molecular flexibility index (Phi) is 6.46. The molecule has 1 atom stereocenters. The standard InChI is InChI=1S/C17H17ClFN3O4/c1-2-7-22-15(23)6-5-13(21-22)17(26)20-14(9-16(24)25)10-3-4-11(18)12(19)8-10/h3-6,8,14H,2,7,9H2,1H3,(H,20,26)(H,24,25)/t14-/m1/s1. The number of benzene rings is 1. The molecule has 0 unspecified atom stereocenters. The molecule has 2 rings (SSSR count). The first-order valence-corrected chi connectivity index (χ1v) is 8.25. The molecule has 0 aliphatic carbocycles. The fraction of sp³-hybridized carbons (Fsp3) is 0.294. The van der Waals surface area contributed by atoms with Gasteiger partial charge in [-0.15, -0.1) is 0 Å². The van der Waals surface area contributed by atoms with Crippen molar-refractivity contribution in [2.75, 3.05) is 0 Å². The van der Waals surface area contributed by atoms with E-state index in [-0.39, 0.29) is 21.8 Å². The highest BCUT2D eigenvalue weighted by Gasteiger charge is 2.21. The number of nitrogens with one attached hydrogen (secondary N) is 1. The highest BCUT2D eigenvalue weighted by atomic mass is 35.5. The van der Waals surface area contributed by atoms with Crippen molar-refractivity contribution in [2.45, 2.75) is 32.4 Å². The van der Waals surface area contributed by atoms with Gasteiger partial charge in [-0.05, 0) is 30.2 Å². The van der Waals surface area contributed by atoms with Crippen molar-refractivity contribution in [1.29, 1.82) is 0 Å². The Balaban J connectivity index is 2.29. The number of amides is 1. The first-order chi connectivity index (χ1) is 12.3. The molecule has 0 radical (unpaired) electrons. The third-order valence-electron chi connectivity index (χ3n) is 3.56. The van der Waals surface area contributed by atoms with Crippen LogP contribution in [-0.4, -0.2) is 26.8 Å². The molecule has 9 heteroatoms. The van der Waals surface area contributed by atoms with E-state index >= 15 is 0 Å². The molecule has 0 aliphatic rings. The molecular formula is C17H17ClFN3O4. The van der Waals surface area contributed by atoms with Gasteiger partial charge in [0.2, 0.25) is 0 Å². The Morgan fingerprint density at radius 2 is 2.08 bits per heavy atom. The van der Waals surface area contributed by atoms with Crippen molar-refractivity contribution in [3.05, 3.63) is 62.8 Å². The summed E-state index contributed by atoms with van der Waals surface area (Å²) in [5.41, 5.74) is -0.127. The van der Waals surface area contributed by atoms with E-state index in [4.69, 9.17) is 16.7 Å². The highest BCUT2D eigenvalue weighted by molar-refractivity contribution is 6.30. The molecule has 2 aromatic rings. The molecule has 0 saturated heterocycles. The Morgan fingerprint density at radius 1 is 1.35 bits per heavy atom. The van der Waals surface area contributed by atoms with Gasteiger partial charge >= 0.3 is 5.97 Å². The highest BCUT2D eigenvalue weighted by Crippen LogP contribution is 2.22. The number of carbonyl (C=O) groups excluding carboxylic acids is 1. The molecule has 138 valence electrons. The van der Waals surface area contributed by atoms with Crippen LogP contribution in [-0.2, 0) is 11.3 Å². The van der Waals surface area contributed by atoms with Crippen LogP contribution in [0.5, 0.6) is 0 Å². The monoisotopic (exact) mass is 381 g/mol. The number of aromatic nitrogens is 2. The summed E-state index contributed by atoms with van der Waals surface area (Å²) in [6.45, 7) is 2.21. The molecule has 26 heavy (non-hydrogen) atoms. The molecule has 0 fully saturated rings. The molecule has 7 nitrogen and oxygen atoms in total. The van der Waals surface area contributed by atoms with Gasteiger partial charge in [0.25, 0.3) is 11.5 Å². The summed E-state index contributed by atoms with van der Waals surface area (Å²) in [4.78, 5) is 35.2. The maximum absolute atomic E-state index is 13.7. The van der Waals surface area contributed by atoms with Crippen LogP contribution in [0.1, 0.15) is 41.9 Å². The quantitative estimate of drug-likeness (QED) is 0.766. The third kappa shape index (κ3) is 4.89. The average molecular weight is 382 g/mol. The van der Waals surface area contributed by atoms with E-state index in [1.807, 2.05) is 6.92 Å². The summed E-state index contributed by atoms with van der Waals surface area (Å²) in [7, 11) is 0. The number of rotatable bonds is 7. The number of nitrogens with zero attached hydrogens (tertiary/aromatic N) is 2. The molecule has 2 N–H and O–H groups in total. The SMILES string of the molecule is CCCn1nc(C(=O)N[C@H](CC(=O)O)c2ccc(Cl)c(F)c2)ccc1=O. The summed E-state index contributed by atoms with van der Waals surface area (Å²) >= 11 is 5.63. The van der Waals surface area contributed by atoms with Gasteiger partial charge in [0.15, 0.2) is 0 Å². The number of aryl methyl sites for hydroxylation is 1. The zero-order valence-electron chi connectivity index (χ0n) is 13.9. The lowest BCUT2D eigenvalue weighted by Gasteiger charge is -2.18. The van der Waals surface area contributed by atoms with Crippen molar-refractivity contribution in [3.63, 3.8) is 0 Å². The van der Waals surface area contributed by atoms with Crippen LogP contribution in [0.25, 0.3) is 0 Å². The summed E-state index contributed by atoms with van der Waals surface area (Å²) in [6, 6.07) is 5.27. The second kappa shape index (κ2) is 8.57. The zero-order chi connectivity index (χ0) is 19.3. The topological polar surface area (TPSA) is 101 Å². The van der Waals surface area contributed by atoms with Crippen LogP contribution in [0.3, 0.4) is 0 Å². The molecule has 1 aromatic carbocycles. The van der Waals surface area contributed by atoms with Crippen LogP contribution < -0.4 is 10.9 Å². The van der Waals surface area contributed by atoms with Gasteiger partial charge in [0.1, 0.15) is 11.5 Å². The number of aliphatic carboxylic acids is 1. The fourth-order valence-electron chi connectivity index (χ4n) is 2.33. The first-order valence-electron chi connectivity index (χ1n) is 7.87. The molecule has 0 bridgehead atoms. The second-order valence-electron chi connectivity index (χ2n) is 5.58. The minimum Gasteiger partial charge on any atom is -0.481 e. The van der Waals surface area contributed by atoms with Gasteiger partial charge in [-0.3, -0.25) is 14.4 Å². The minimum atomic E-state index is -1.17. The summed E-state index contributed by atoms with van der Waals surface area (Å²) in [6.07, 6.45) is 0.199. The first kappa shape index (κ1) is 19.6. The van der Waals surface area contributed by atoms with Crippen LogP contribution in [0, 0.1) is 5.82 Å². The maximum atomic E-state index is 13.7. The van der Waals surface area contributed by atoms with E-state index in [1.165, 1.54) is 24.3 Å². The molecule has 0 saturated carbocycles. The number of carboxylic acid groups (broad SMARTS) is 1. The fourth-order valence-corrected chi connectivity index (χ4v) is 2.45. The predicted octanol–water partition coefficient (Wildman–Crippen LogP) is 2.39. The number of halogens is 2. The Hall–Kier alpha value is -2.74. The van der Waals surface area contributed by atoms with Crippen molar-refractivity contribution in [3.8, 4) is 0 Å². The van der Waals surface area contributed by atoms with Crippen molar-refractivity contribution < 1.29 is 19.1 Å². The van der Waals surface area contributed by atoms with Gasteiger partial charge in [-0.1, -0.05) is 24.6 Å². The van der Waals surface area contributed by atoms with E-state index in [2.05, 4.69) is 10.4 Å². The van der Waals surface area contributed by atoms with E-state index in [1.54, 1.807) is 0 Å². The largest absolute Gasteiger partial charge is 0.481 e. The predicted molar refractivity (Wildman–Crippen MR) is 92.7 cm³/mol. The van der Waals surface area contributed by atoms with Gasteiger partial charge < -0.3 is 10.4 Å². The zero-order valence-corrected chi connectivity index (χ0v) is 14.7. The van der Waals surface area contributed by atoms with Gasteiger partial charge in [-0.25, -0.2) is 9.07 Å². The molecule has 1 heterocycles. The van der Waals surface area contributed by atoms with Crippen molar-refractivity contribution >= 4 is 23.5 Å². The normalized spacial score (nSPS) is 11.8. The molecule has 1 aromatic heterocycles. The van der Waals surface area contributed by atoms with Gasteiger partial charge in [0, 0.05) is 12.6 Å². The number of hydrogen-bond donors (Lipinski definition) is 2. The van der Waals surface area contributed by atoms with E-state index in [0.29, 0.717) is 13.0 Å². The second-order valence-corrected chi connectivity index (χ2v) is 5.98. The van der Waals surface area contributed by atoms with Crippen LogP contribution in [0.2, 0.25) is 5.02 Å². The number of carboxylic acids is 1. The molecular weight excluding hydrogens is 365 g/mol. The van der Waals surface area contributed by atoms with E-state index in [9.17, 15) is 18.8 Å². The molecule has 0 spiro atoms. The lowest BCUT2D eigenvalue weighted by Crippen LogP contribution is -2.33. The van der Waals surface area contributed by atoms with Gasteiger partial charge in [0.05, 0.1) is 17.5 Å². The number of hydrogen-bond acceptors (Lipinski definition) is 4. The molecule has 1 amide bonds. The van der Waals surface area contributed by atoms with E-state index < -0.39 is 30.2 Å². The Bertz CT molecular complexity index is 885. The Morgan fingerprint density at radius 3 is 2.69 bits per heavy atom. The average Bonchev–Trinajstić information content (AvgIpc) is 2.58. The smallest absolute Gasteiger partial charge is 0.305 e. The molecule has 0 aliphatic heterocycles. The lowest BCUT2D eigenvalue weighted by molar-refractivity contribution is -0.137. The lowest BCUT2D eigenvalue weighted by atomic mass is 10.0.